The molecule has 166 valence electrons. The number of nitrogens with zero attached hydrogens (tertiary/aromatic N) is 3. The smallest absolute Gasteiger partial charge is 0.247 e. The number of aromatic amines is 1. The maximum absolute atomic E-state index is 13.3. The molecule has 1 aliphatic heterocycles. The summed E-state index contributed by atoms with van der Waals surface area (Å²) in [4.78, 5) is 27.9. The van der Waals surface area contributed by atoms with Crippen molar-refractivity contribution in [3.8, 4) is 0 Å². The molecule has 3 heterocycles. The normalized spacial score (nSPS) is 14.4. The summed E-state index contributed by atoms with van der Waals surface area (Å²) >= 11 is 0. The van der Waals surface area contributed by atoms with Gasteiger partial charge in [-0.05, 0) is 54.9 Å². The van der Waals surface area contributed by atoms with E-state index in [0.717, 1.165) is 65.2 Å². The number of benzene rings is 2. The standard InChI is InChI=1S/C28H28N4O/c1-19-27-28(31-20(2)30-27)25(18-29-19)23-13-15-32(16-14-23)26(33)17-24(21-9-5-3-6-10-21)22-11-7-4-8-12-22/h3-12,17-18,23H,13-16H2,1-2H3,(H,30,31). The monoisotopic (exact) mass is 436 g/mol. The Morgan fingerprint density at radius 3 is 2.18 bits per heavy atom. The molecule has 1 amide bonds. The summed E-state index contributed by atoms with van der Waals surface area (Å²) in [6, 6.07) is 20.3. The lowest BCUT2D eigenvalue weighted by Gasteiger charge is -2.32. The lowest BCUT2D eigenvalue weighted by Crippen LogP contribution is -2.37. The van der Waals surface area contributed by atoms with Gasteiger partial charge in [-0.1, -0.05) is 60.7 Å². The molecule has 33 heavy (non-hydrogen) atoms. The molecule has 0 saturated carbocycles. The van der Waals surface area contributed by atoms with E-state index < -0.39 is 0 Å². The number of pyridine rings is 1. The molecule has 1 aliphatic rings. The number of carbonyl (C=O) groups is 1. The van der Waals surface area contributed by atoms with Gasteiger partial charge in [0.1, 0.15) is 11.3 Å². The van der Waals surface area contributed by atoms with Crippen LogP contribution in [0.3, 0.4) is 0 Å². The van der Waals surface area contributed by atoms with Crippen LogP contribution in [-0.2, 0) is 4.79 Å². The molecule has 0 bridgehead atoms. The van der Waals surface area contributed by atoms with Crippen molar-refractivity contribution in [2.45, 2.75) is 32.6 Å². The lowest BCUT2D eigenvalue weighted by atomic mass is 9.89. The van der Waals surface area contributed by atoms with Gasteiger partial charge in [-0.15, -0.1) is 0 Å². The molecule has 5 rings (SSSR count). The Morgan fingerprint density at radius 2 is 1.58 bits per heavy atom. The highest BCUT2D eigenvalue weighted by Crippen LogP contribution is 2.33. The summed E-state index contributed by atoms with van der Waals surface area (Å²) in [6.07, 6.45) is 5.63. The van der Waals surface area contributed by atoms with Crippen LogP contribution in [0, 0.1) is 13.8 Å². The Labute approximate surface area is 194 Å². The second-order valence-corrected chi connectivity index (χ2v) is 8.73. The number of nitrogens with one attached hydrogen (secondary N) is 1. The second kappa shape index (κ2) is 9.02. The summed E-state index contributed by atoms with van der Waals surface area (Å²) in [5.41, 5.74) is 7.28. The Hall–Kier alpha value is -3.73. The minimum atomic E-state index is 0.0701. The molecule has 0 spiro atoms. The third-order valence-electron chi connectivity index (χ3n) is 6.53. The predicted octanol–water partition coefficient (Wildman–Crippen LogP) is 5.41. The van der Waals surface area contributed by atoms with E-state index in [4.69, 9.17) is 0 Å². The van der Waals surface area contributed by atoms with Crippen LogP contribution >= 0.6 is 0 Å². The van der Waals surface area contributed by atoms with E-state index in [-0.39, 0.29) is 5.91 Å². The molecule has 2 aromatic heterocycles. The van der Waals surface area contributed by atoms with E-state index in [1.807, 2.05) is 61.3 Å². The number of fused-ring (bicyclic) bond motifs is 1. The van der Waals surface area contributed by atoms with Gasteiger partial charge in [0.2, 0.25) is 5.91 Å². The number of H-pyrrole nitrogens is 1. The molecule has 0 aliphatic carbocycles. The van der Waals surface area contributed by atoms with E-state index in [9.17, 15) is 4.79 Å². The number of hydrogen-bond acceptors (Lipinski definition) is 3. The number of imidazole rings is 1. The van der Waals surface area contributed by atoms with Crippen LogP contribution in [0.5, 0.6) is 0 Å². The minimum absolute atomic E-state index is 0.0701. The quantitative estimate of drug-likeness (QED) is 0.435. The van der Waals surface area contributed by atoms with Crippen LogP contribution < -0.4 is 0 Å². The van der Waals surface area contributed by atoms with E-state index in [1.54, 1.807) is 6.08 Å². The van der Waals surface area contributed by atoms with Crippen molar-refractivity contribution < 1.29 is 4.79 Å². The number of aryl methyl sites for hydroxylation is 2. The molecule has 0 radical (unpaired) electrons. The molecule has 1 fully saturated rings. The number of likely N-dealkylation sites (tertiary alicyclic amines) is 1. The lowest BCUT2D eigenvalue weighted by molar-refractivity contribution is -0.127. The molecule has 0 atom stereocenters. The molecule has 5 nitrogen and oxygen atoms in total. The summed E-state index contributed by atoms with van der Waals surface area (Å²) in [5, 5.41) is 0. The maximum atomic E-state index is 13.3. The van der Waals surface area contributed by atoms with Gasteiger partial charge < -0.3 is 9.88 Å². The zero-order valence-electron chi connectivity index (χ0n) is 19.1. The Balaban J connectivity index is 1.36. The summed E-state index contributed by atoms with van der Waals surface area (Å²) in [5.74, 6) is 1.35. The Bertz CT molecular complexity index is 1260. The van der Waals surface area contributed by atoms with Crippen molar-refractivity contribution in [2.75, 3.05) is 13.1 Å². The van der Waals surface area contributed by atoms with Crippen molar-refractivity contribution in [1.29, 1.82) is 0 Å². The van der Waals surface area contributed by atoms with Crippen molar-refractivity contribution in [3.05, 3.63) is 101 Å². The fourth-order valence-electron chi connectivity index (χ4n) is 4.76. The van der Waals surface area contributed by atoms with Crippen LogP contribution in [0.1, 0.15) is 47.0 Å². The van der Waals surface area contributed by atoms with Crippen LogP contribution in [-0.4, -0.2) is 38.8 Å². The Kier molecular flexibility index (Phi) is 5.78. The third kappa shape index (κ3) is 4.31. The van der Waals surface area contributed by atoms with Gasteiger partial charge >= 0.3 is 0 Å². The third-order valence-corrected chi connectivity index (χ3v) is 6.53. The number of piperidine rings is 1. The van der Waals surface area contributed by atoms with Gasteiger partial charge in [0.15, 0.2) is 0 Å². The van der Waals surface area contributed by atoms with Gasteiger partial charge in [0.25, 0.3) is 0 Å². The fourth-order valence-corrected chi connectivity index (χ4v) is 4.76. The average Bonchev–Trinajstić information content (AvgIpc) is 3.26. The Morgan fingerprint density at radius 1 is 0.970 bits per heavy atom. The van der Waals surface area contributed by atoms with Crippen LogP contribution in [0.4, 0.5) is 0 Å². The van der Waals surface area contributed by atoms with Crippen molar-refractivity contribution in [2.24, 2.45) is 0 Å². The molecular formula is C28H28N4O. The van der Waals surface area contributed by atoms with Crippen LogP contribution in [0.25, 0.3) is 16.6 Å². The maximum Gasteiger partial charge on any atom is 0.247 e. The zero-order chi connectivity index (χ0) is 22.8. The first-order valence-electron chi connectivity index (χ1n) is 11.5. The first kappa shape index (κ1) is 21.1. The first-order valence-corrected chi connectivity index (χ1v) is 11.5. The zero-order valence-corrected chi connectivity index (χ0v) is 19.1. The minimum Gasteiger partial charge on any atom is -0.342 e. The average molecular weight is 437 g/mol. The number of rotatable bonds is 4. The van der Waals surface area contributed by atoms with Crippen molar-refractivity contribution in [1.82, 2.24) is 19.9 Å². The van der Waals surface area contributed by atoms with Gasteiger partial charge in [-0.2, -0.15) is 0 Å². The molecule has 2 aromatic carbocycles. The SMILES string of the molecule is Cc1nc2c(C)ncc(C3CCN(C(=O)C=C(c4ccccc4)c4ccccc4)CC3)c2[nH]1. The van der Waals surface area contributed by atoms with Crippen LogP contribution in [0.15, 0.2) is 72.9 Å². The van der Waals surface area contributed by atoms with E-state index >= 15 is 0 Å². The number of aromatic nitrogens is 3. The van der Waals surface area contributed by atoms with Gasteiger partial charge in [0, 0.05) is 25.4 Å². The van der Waals surface area contributed by atoms with E-state index in [0.29, 0.717) is 5.92 Å². The number of hydrogen-bond donors (Lipinski definition) is 1. The summed E-state index contributed by atoms with van der Waals surface area (Å²) in [6.45, 7) is 5.45. The summed E-state index contributed by atoms with van der Waals surface area (Å²) < 4.78 is 0. The van der Waals surface area contributed by atoms with Crippen molar-refractivity contribution in [3.63, 3.8) is 0 Å². The fraction of sp³-hybridized carbons (Fsp3) is 0.250. The molecule has 5 heteroatoms. The molecular weight excluding hydrogens is 408 g/mol. The van der Waals surface area contributed by atoms with Crippen LogP contribution in [0.2, 0.25) is 0 Å². The topological polar surface area (TPSA) is 61.9 Å². The van der Waals surface area contributed by atoms with Gasteiger partial charge in [0.05, 0.1) is 11.2 Å². The van der Waals surface area contributed by atoms with Gasteiger partial charge in [-0.3, -0.25) is 9.78 Å². The largest absolute Gasteiger partial charge is 0.342 e. The molecule has 0 unspecified atom stereocenters. The second-order valence-electron chi connectivity index (χ2n) is 8.73. The predicted molar refractivity (Wildman–Crippen MR) is 132 cm³/mol. The van der Waals surface area contributed by atoms with E-state index in [1.165, 1.54) is 5.56 Å². The van der Waals surface area contributed by atoms with Gasteiger partial charge in [-0.25, -0.2) is 4.98 Å². The molecule has 4 aromatic rings. The number of amides is 1. The molecule has 1 N–H and O–H groups in total. The molecule has 1 saturated heterocycles. The number of carbonyl (C=O) groups excluding carboxylic acids is 1. The highest BCUT2D eigenvalue weighted by atomic mass is 16.2. The first-order chi connectivity index (χ1) is 16.1. The van der Waals surface area contributed by atoms with Crippen molar-refractivity contribution >= 4 is 22.5 Å². The highest BCUT2D eigenvalue weighted by Gasteiger charge is 2.26. The highest BCUT2D eigenvalue weighted by molar-refractivity contribution is 5.99. The summed E-state index contributed by atoms with van der Waals surface area (Å²) in [7, 11) is 0. The van der Waals surface area contributed by atoms with E-state index in [2.05, 4.69) is 39.2 Å².